The van der Waals surface area contributed by atoms with E-state index in [9.17, 15) is 4.79 Å². The Hall–Kier alpha value is -1.13. The summed E-state index contributed by atoms with van der Waals surface area (Å²) < 4.78 is 0.930. The zero-order valence-electron chi connectivity index (χ0n) is 10.4. The molecule has 0 spiro atoms. The molecule has 0 aromatic heterocycles. The van der Waals surface area contributed by atoms with Crippen molar-refractivity contribution in [3.63, 3.8) is 0 Å². The monoisotopic (exact) mass is 308 g/mol. The van der Waals surface area contributed by atoms with Crippen LogP contribution in [0.1, 0.15) is 22.3 Å². The van der Waals surface area contributed by atoms with E-state index in [0.29, 0.717) is 6.54 Å². The van der Waals surface area contributed by atoms with Gasteiger partial charge in [0.15, 0.2) is 0 Å². The summed E-state index contributed by atoms with van der Waals surface area (Å²) in [5, 5.41) is 6.24. The Morgan fingerprint density at radius 3 is 3.06 bits per heavy atom. The standard InChI is InChI=1S/C14H17BrN2O/c1-10-2-3-12(15)8-13(10)14(18)17-9-11-4-6-16-7-5-11/h2-4,8,16H,5-7,9H2,1H3,(H,17,18). The first-order valence-corrected chi connectivity index (χ1v) is 6.89. The fourth-order valence-corrected chi connectivity index (χ4v) is 2.32. The Morgan fingerprint density at radius 1 is 1.50 bits per heavy atom. The Morgan fingerprint density at radius 2 is 2.33 bits per heavy atom. The summed E-state index contributed by atoms with van der Waals surface area (Å²) in [4.78, 5) is 12.1. The number of hydrogen-bond acceptors (Lipinski definition) is 2. The van der Waals surface area contributed by atoms with Crippen molar-refractivity contribution in [3.8, 4) is 0 Å². The van der Waals surface area contributed by atoms with Crippen molar-refractivity contribution < 1.29 is 4.79 Å². The first kappa shape index (κ1) is 13.3. The average molecular weight is 309 g/mol. The van der Waals surface area contributed by atoms with Gasteiger partial charge in [-0.3, -0.25) is 4.79 Å². The van der Waals surface area contributed by atoms with E-state index in [1.54, 1.807) is 0 Å². The van der Waals surface area contributed by atoms with Crippen molar-refractivity contribution in [2.75, 3.05) is 19.6 Å². The number of hydrogen-bond donors (Lipinski definition) is 2. The van der Waals surface area contributed by atoms with Crippen LogP contribution in [-0.4, -0.2) is 25.5 Å². The number of carbonyl (C=O) groups is 1. The molecule has 0 atom stereocenters. The van der Waals surface area contributed by atoms with E-state index >= 15 is 0 Å². The van der Waals surface area contributed by atoms with E-state index in [1.807, 2.05) is 25.1 Å². The van der Waals surface area contributed by atoms with Crippen LogP contribution in [-0.2, 0) is 0 Å². The van der Waals surface area contributed by atoms with E-state index in [2.05, 4.69) is 32.6 Å². The van der Waals surface area contributed by atoms with E-state index < -0.39 is 0 Å². The van der Waals surface area contributed by atoms with Crippen molar-refractivity contribution in [2.45, 2.75) is 13.3 Å². The van der Waals surface area contributed by atoms with Gasteiger partial charge in [-0.25, -0.2) is 0 Å². The highest BCUT2D eigenvalue weighted by atomic mass is 79.9. The number of carbonyl (C=O) groups excluding carboxylic acids is 1. The van der Waals surface area contributed by atoms with Gasteiger partial charge in [0.1, 0.15) is 0 Å². The predicted molar refractivity (Wildman–Crippen MR) is 76.8 cm³/mol. The maximum absolute atomic E-state index is 12.1. The van der Waals surface area contributed by atoms with Crippen LogP contribution < -0.4 is 10.6 Å². The molecular formula is C14H17BrN2O. The van der Waals surface area contributed by atoms with Gasteiger partial charge in [0, 0.05) is 23.1 Å². The van der Waals surface area contributed by atoms with Gasteiger partial charge in [-0.05, 0) is 37.6 Å². The molecule has 1 heterocycles. The van der Waals surface area contributed by atoms with Crippen LogP contribution in [0.5, 0.6) is 0 Å². The third kappa shape index (κ3) is 3.43. The number of rotatable bonds is 3. The summed E-state index contributed by atoms with van der Waals surface area (Å²) in [5.41, 5.74) is 3.03. The Labute approximate surface area is 116 Å². The van der Waals surface area contributed by atoms with Crippen LogP contribution in [0.4, 0.5) is 0 Å². The molecule has 2 rings (SSSR count). The second-order valence-electron chi connectivity index (χ2n) is 4.46. The summed E-state index contributed by atoms with van der Waals surface area (Å²) in [6.07, 6.45) is 3.16. The van der Waals surface area contributed by atoms with E-state index in [-0.39, 0.29) is 5.91 Å². The molecule has 1 aliphatic heterocycles. The van der Waals surface area contributed by atoms with E-state index in [4.69, 9.17) is 0 Å². The molecule has 0 saturated heterocycles. The molecule has 0 fully saturated rings. The molecule has 1 aromatic rings. The van der Waals surface area contributed by atoms with Crippen LogP contribution in [0.2, 0.25) is 0 Å². The molecule has 0 bridgehead atoms. The number of halogens is 1. The smallest absolute Gasteiger partial charge is 0.251 e. The fourth-order valence-electron chi connectivity index (χ4n) is 1.96. The first-order valence-electron chi connectivity index (χ1n) is 6.10. The van der Waals surface area contributed by atoms with E-state index in [0.717, 1.165) is 35.1 Å². The van der Waals surface area contributed by atoms with Crippen molar-refractivity contribution in [2.24, 2.45) is 0 Å². The van der Waals surface area contributed by atoms with Crippen LogP contribution in [0.15, 0.2) is 34.3 Å². The quantitative estimate of drug-likeness (QED) is 0.842. The van der Waals surface area contributed by atoms with Gasteiger partial charge in [-0.2, -0.15) is 0 Å². The summed E-state index contributed by atoms with van der Waals surface area (Å²) in [6, 6.07) is 5.76. The molecule has 96 valence electrons. The average Bonchev–Trinajstić information content (AvgIpc) is 2.40. The van der Waals surface area contributed by atoms with Gasteiger partial charge in [0.05, 0.1) is 0 Å². The summed E-state index contributed by atoms with van der Waals surface area (Å²) >= 11 is 3.39. The highest BCUT2D eigenvalue weighted by Crippen LogP contribution is 2.16. The zero-order valence-corrected chi connectivity index (χ0v) is 12.0. The van der Waals surface area contributed by atoms with Crippen molar-refractivity contribution >= 4 is 21.8 Å². The molecule has 0 unspecified atom stereocenters. The normalized spacial score (nSPS) is 15.1. The van der Waals surface area contributed by atoms with Crippen LogP contribution in [0.25, 0.3) is 0 Å². The number of aryl methyl sites for hydroxylation is 1. The molecule has 1 aliphatic rings. The van der Waals surface area contributed by atoms with Gasteiger partial charge in [0.2, 0.25) is 0 Å². The van der Waals surface area contributed by atoms with Crippen molar-refractivity contribution in [1.29, 1.82) is 0 Å². The van der Waals surface area contributed by atoms with Crippen LogP contribution in [0, 0.1) is 6.92 Å². The molecule has 1 amide bonds. The number of benzene rings is 1. The second-order valence-corrected chi connectivity index (χ2v) is 5.37. The molecule has 0 aliphatic carbocycles. The van der Waals surface area contributed by atoms with Gasteiger partial charge < -0.3 is 10.6 Å². The Bertz CT molecular complexity index is 483. The number of amides is 1. The molecule has 0 saturated carbocycles. The SMILES string of the molecule is Cc1ccc(Br)cc1C(=O)NCC1=CCNCC1. The number of nitrogens with one attached hydrogen (secondary N) is 2. The van der Waals surface area contributed by atoms with Crippen molar-refractivity contribution in [3.05, 3.63) is 45.4 Å². The molecule has 3 nitrogen and oxygen atoms in total. The van der Waals surface area contributed by atoms with Crippen LogP contribution >= 0.6 is 15.9 Å². The highest BCUT2D eigenvalue weighted by molar-refractivity contribution is 9.10. The molecule has 1 aromatic carbocycles. The Kier molecular flexibility index (Phi) is 4.55. The third-order valence-corrected chi connectivity index (χ3v) is 3.57. The molecule has 0 radical (unpaired) electrons. The van der Waals surface area contributed by atoms with Crippen LogP contribution in [0.3, 0.4) is 0 Å². The molecule has 2 N–H and O–H groups in total. The zero-order chi connectivity index (χ0) is 13.0. The van der Waals surface area contributed by atoms with Gasteiger partial charge in [-0.15, -0.1) is 0 Å². The lowest BCUT2D eigenvalue weighted by Crippen LogP contribution is -2.30. The van der Waals surface area contributed by atoms with Gasteiger partial charge in [0.25, 0.3) is 5.91 Å². The minimum Gasteiger partial charge on any atom is -0.348 e. The lowest BCUT2D eigenvalue weighted by molar-refractivity contribution is 0.0956. The van der Waals surface area contributed by atoms with Crippen molar-refractivity contribution in [1.82, 2.24) is 10.6 Å². The lowest BCUT2D eigenvalue weighted by Gasteiger charge is -2.15. The second kappa shape index (κ2) is 6.16. The molecular weight excluding hydrogens is 292 g/mol. The molecule has 18 heavy (non-hydrogen) atoms. The topological polar surface area (TPSA) is 41.1 Å². The largest absolute Gasteiger partial charge is 0.348 e. The van der Waals surface area contributed by atoms with Gasteiger partial charge in [-0.1, -0.05) is 33.6 Å². The minimum absolute atomic E-state index is 0.00627. The maximum atomic E-state index is 12.1. The maximum Gasteiger partial charge on any atom is 0.251 e. The Balaban J connectivity index is 1.99. The fraction of sp³-hybridized carbons (Fsp3) is 0.357. The first-order chi connectivity index (χ1) is 8.66. The van der Waals surface area contributed by atoms with E-state index in [1.165, 1.54) is 5.57 Å². The predicted octanol–water partition coefficient (Wildman–Crippen LogP) is 2.41. The third-order valence-electron chi connectivity index (χ3n) is 3.08. The summed E-state index contributed by atoms with van der Waals surface area (Å²) in [6.45, 7) is 4.50. The molecule has 4 heteroatoms. The summed E-state index contributed by atoms with van der Waals surface area (Å²) in [7, 11) is 0. The van der Waals surface area contributed by atoms with Gasteiger partial charge >= 0.3 is 0 Å². The lowest BCUT2D eigenvalue weighted by atomic mass is 10.1. The highest BCUT2D eigenvalue weighted by Gasteiger charge is 2.10. The summed E-state index contributed by atoms with van der Waals surface area (Å²) in [5.74, 6) is -0.00627. The minimum atomic E-state index is -0.00627.